The fourth-order valence-electron chi connectivity index (χ4n) is 2.12. The van der Waals surface area contributed by atoms with E-state index in [1.54, 1.807) is 18.2 Å². The molecule has 23 heavy (non-hydrogen) atoms. The minimum absolute atomic E-state index is 0.0377. The Balaban J connectivity index is 1.71. The molecular formula is C17H16ClN3O2. The van der Waals surface area contributed by atoms with Crippen LogP contribution in [0.25, 0.3) is 11.4 Å². The van der Waals surface area contributed by atoms with E-state index in [-0.39, 0.29) is 6.61 Å². The van der Waals surface area contributed by atoms with Crippen molar-refractivity contribution >= 4 is 17.3 Å². The SMILES string of the molecule is Cc1ccc(-c2noc(CNc3cc(CO)ccc3Cl)n2)cc1. The highest BCUT2D eigenvalue weighted by Crippen LogP contribution is 2.24. The van der Waals surface area contributed by atoms with Crippen LogP contribution in [0.5, 0.6) is 0 Å². The Hall–Kier alpha value is -2.37. The number of aryl methyl sites for hydroxylation is 1. The van der Waals surface area contributed by atoms with Gasteiger partial charge in [0.15, 0.2) is 0 Å². The summed E-state index contributed by atoms with van der Waals surface area (Å²) in [6, 6.07) is 13.2. The molecule has 0 bridgehead atoms. The van der Waals surface area contributed by atoms with E-state index in [2.05, 4.69) is 15.5 Å². The van der Waals surface area contributed by atoms with Crippen LogP contribution in [-0.2, 0) is 13.2 Å². The van der Waals surface area contributed by atoms with Crippen molar-refractivity contribution < 1.29 is 9.63 Å². The maximum Gasteiger partial charge on any atom is 0.246 e. The Labute approximate surface area is 138 Å². The zero-order valence-electron chi connectivity index (χ0n) is 12.6. The van der Waals surface area contributed by atoms with E-state index in [1.165, 1.54) is 5.56 Å². The Morgan fingerprint density at radius 1 is 1.17 bits per heavy atom. The highest BCUT2D eigenvalue weighted by atomic mass is 35.5. The van der Waals surface area contributed by atoms with Crippen LogP contribution in [0.4, 0.5) is 5.69 Å². The van der Waals surface area contributed by atoms with Crippen LogP contribution in [0.15, 0.2) is 47.0 Å². The zero-order chi connectivity index (χ0) is 16.2. The molecule has 0 aliphatic heterocycles. The van der Waals surface area contributed by atoms with Crippen LogP contribution in [0.2, 0.25) is 5.02 Å². The number of aliphatic hydroxyl groups excluding tert-OH is 1. The first-order valence-corrected chi connectivity index (χ1v) is 7.56. The summed E-state index contributed by atoms with van der Waals surface area (Å²) in [5, 5.41) is 16.9. The number of benzene rings is 2. The summed E-state index contributed by atoms with van der Waals surface area (Å²) in [7, 11) is 0. The number of nitrogens with one attached hydrogen (secondary N) is 1. The molecule has 0 saturated heterocycles. The monoisotopic (exact) mass is 329 g/mol. The highest BCUT2D eigenvalue weighted by Gasteiger charge is 2.09. The van der Waals surface area contributed by atoms with Crippen molar-refractivity contribution in [2.24, 2.45) is 0 Å². The molecular weight excluding hydrogens is 314 g/mol. The van der Waals surface area contributed by atoms with Crippen molar-refractivity contribution in [1.82, 2.24) is 10.1 Å². The summed E-state index contributed by atoms with van der Waals surface area (Å²) in [5.74, 6) is 1.02. The number of rotatable bonds is 5. The maximum absolute atomic E-state index is 9.18. The van der Waals surface area contributed by atoms with Crippen LogP contribution in [0, 0.1) is 6.92 Å². The van der Waals surface area contributed by atoms with Crippen molar-refractivity contribution in [1.29, 1.82) is 0 Å². The van der Waals surface area contributed by atoms with Gasteiger partial charge in [-0.1, -0.05) is 52.7 Å². The van der Waals surface area contributed by atoms with Gasteiger partial charge in [0.1, 0.15) is 0 Å². The van der Waals surface area contributed by atoms with Crippen molar-refractivity contribution in [3.8, 4) is 11.4 Å². The van der Waals surface area contributed by atoms with Crippen LogP contribution in [-0.4, -0.2) is 15.2 Å². The molecule has 0 saturated carbocycles. The lowest BCUT2D eigenvalue weighted by molar-refractivity contribution is 0.282. The Kier molecular flexibility index (Phi) is 4.60. The second-order valence-corrected chi connectivity index (χ2v) is 5.61. The van der Waals surface area contributed by atoms with Gasteiger partial charge in [-0.05, 0) is 24.6 Å². The minimum atomic E-state index is -0.0377. The second kappa shape index (κ2) is 6.81. The molecule has 0 unspecified atom stereocenters. The highest BCUT2D eigenvalue weighted by molar-refractivity contribution is 6.33. The van der Waals surface area contributed by atoms with Gasteiger partial charge in [-0.25, -0.2) is 0 Å². The van der Waals surface area contributed by atoms with E-state index in [9.17, 15) is 5.11 Å². The largest absolute Gasteiger partial charge is 0.392 e. The fraction of sp³-hybridized carbons (Fsp3) is 0.176. The molecule has 0 aliphatic carbocycles. The predicted molar refractivity (Wildman–Crippen MR) is 89.2 cm³/mol. The molecule has 0 aliphatic rings. The van der Waals surface area contributed by atoms with Gasteiger partial charge < -0.3 is 14.9 Å². The molecule has 0 spiro atoms. The molecule has 0 fully saturated rings. The van der Waals surface area contributed by atoms with Crippen molar-refractivity contribution in [3.63, 3.8) is 0 Å². The number of nitrogens with zero attached hydrogens (tertiary/aromatic N) is 2. The zero-order valence-corrected chi connectivity index (χ0v) is 13.3. The molecule has 0 amide bonds. The van der Waals surface area contributed by atoms with Crippen molar-refractivity contribution in [2.45, 2.75) is 20.1 Å². The van der Waals surface area contributed by atoms with Crippen molar-refractivity contribution in [3.05, 3.63) is 64.5 Å². The van der Waals surface area contributed by atoms with Gasteiger partial charge in [0.2, 0.25) is 11.7 Å². The Morgan fingerprint density at radius 3 is 2.70 bits per heavy atom. The molecule has 1 aromatic heterocycles. The summed E-state index contributed by atoms with van der Waals surface area (Å²) in [5.41, 5.74) is 3.58. The molecule has 3 aromatic rings. The van der Waals surface area contributed by atoms with Gasteiger partial charge in [-0.15, -0.1) is 0 Å². The van der Waals surface area contributed by atoms with Crippen LogP contribution in [0.3, 0.4) is 0 Å². The normalized spacial score (nSPS) is 10.7. The van der Waals surface area contributed by atoms with Crippen LogP contribution in [0.1, 0.15) is 17.0 Å². The van der Waals surface area contributed by atoms with E-state index in [4.69, 9.17) is 16.1 Å². The summed E-state index contributed by atoms with van der Waals surface area (Å²) in [6.07, 6.45) is 0. The Bertz CT molecular complexity index is 800. The van der Waals surface area contributed by atoms with Gasteiger partial charge in [0.25, 0.3) is 0 Å². The topological polar surface area (TPSA) is 71.2 Å². The molecule has 3 rings (SSSR count). The summed E-state index contributed by atoms with van der Waals surface area (Å²) in [4.78, 5) is 4.36. The quantitative estimate of drug-likeness (QED) is 0.745. The number of aromatic nitrogens is 2. The summed E-state index contributed by atoms with van der Waals surface area (Å²) in [6.45, 7) is 2.34. The lowest BCUT2D eigenvalue weighted by Crippen LogP contribution is -2.01. The lowest BCUT2D eigenvalue weighted by atomic mass is 10.1. The number of hydrogen-bond acceptors (Lipinski definition) is 5. The molecule has 2 aromatic carbocycles. The van der Waals surface area contributed by atoms with E-state index < -0.39 is 0 Å². The first kappa shape index (κ1) is 15.5. The van der Waals surface area contributed by atoms with Crippen molar-refractivity contribution in [2.75, 3.05) is 5.32 Å². The average Bonchev–Trinajstić information content (AvgIpc) is 3.04. The van der Waals surface area contributed by atoms with E-state index >= 15 is 0 Å². The van der Waals surface area contributed by atoms with E-state index in [0.717, 1.165) is 11.1 Å². The first-order chi connectivity index (χ1) is 11.2. The first-order valence-electron chi connectivity index (χ1n) is 7.18. The number of anilines is 1. The third-order valence-corrected chi connectivity index (χ3v) is 3.75. The fourth-order valence-corrected chi connectivity index (χ4v) is 2.31. The molecule has 5 nitrogen and oxygen atoms in total. The molecule has 118 valence electrons. The average molecular weight is 330 g/mol. The molecule has 0 atom stereocenters. The van der Waals surface area contributed by atoms with E-state index in [1.807, 2.05) is 31.2 Å². The van der Waals surface area contributed by atoms with Gasteiger partial charge in [-0.2, -0.15) is 4.98 Å². The lowest BCUT2D eigenvalue weighted by Gasteiger charge is -2.07. The van der Waals surface area contributed by atoms with Crippen LogP contribution >= 0.6 is 11.6 Å². The molecule has 6 heteroatoms. The number of halogens is 1. The van der Waals surface area contributed by atoms with Gasteiger partial charge >= 0.3 is 0 Å². The predicted octanol–water partition coefficient (Wildman–Crippen LogP) is 3.80. The maximum atomic E-state index is 9.18. The second-order valence-electron chi connectivity index (χ2n) is 5.20. The van der Waals surface area contributed by atoms with Gasteiger partial charge in [-0.3, -0.25) is 0 Å². The third-order valence-electron chi connectivity index (χ3n) is 3.42. The third kappa shape index (κ3) is 3.70. The minimum Gasteiger partial charge on any atom is -0.392 e. The molecule has 2 N–H and O–H groups in total. The molecule has 1 heterocycles. The smallest absolute Gasteiger partial charge is 0.246 e. The standard InChI is InChI=1S/C17H16ClN3O2/c1-11-2-5-13(6-3-11)17-20-16(23-21-17)9-19-15-8-12(10-22)4-7-14(15)18/h2-8,19,22H,9-10H2,1H3. The summed E-state index contributed by atoms with van der Waals surface area (Å²) >= 11 is 6.12. The van der Waals surface area contributed by atoms with Crippen LogP contribution < -0.4 is 5.32 Å². The van der Waals surface area contributed by atoms with Gasteiger partial charge in [0.05, 0.1) is 23.9 Å². The molecule has 0 radical (unpaired) electrons. The summed E-state index contributed by atoms with van der Waals surface area (Å²) < 4.78 is 5.25. The number of aliphatic hydroxyl groups is 1. The number of hydrogen-bond donors (Lipinski definition) is 2. The Morgan fingerprint density at radius 2 is 1.96 bits per heavy atom. The van der Waals surface area contributed by atoms with Gasteiger partial charge in [0, 0.05) is 5.56 Å². The van der Waals surface area contributed by atoms with E-state index in [0.29, 0.717) is 29.0 Å².